The van der Waals surface area contributed by atoms with Gasteiger partial charge in [0.1, 0.15) is 5.75 Å². The Morgan fingerprint density at radius 3 is 2.75 bits per heavy atom. The monoisotopic (exact) mass is 381 g/mol. The van der Waals surface area contributed by atoms with Gasteiger partial charge in [-0.05, 0) is 31.0 Å². The number of hydrogen-bond acceptors (Lipinski definition) is 4. The third-order valence-electron chi connectivity index (χ3n) is 5.18. The molecule has 1 N–H and O–H groups in total. The van der Waals surface area contributed by atoms with Gasteiger partial charge in [0.25, 0.3) is 0 Å². The van der Waals surface area contributed by atoms with Crippen LogP contribution in [0, 0.1) is 5.92 Å². The van der Waals surface area contributed by atoms with Crippen molar-refractivity contribution in [2.24, 2.45) is 5.92 Å². The summed E-state index contributed by atoms with van der Waals surface area (Å²) in [6.07, 6.45) is 3.90. The number of carbonyl (C=O) groups excluding carboxylic acids is 2. The third kappa shape index (κ3) is 4.88. The maximum absolute atomic E-state index is 12.9. The van der Waals surface area contributed by atoms with E-state index in [0.29, 0.717) is 13.0 Å². The predicted octanol–water partition coefficient (Wildman–Crippen LogP) is 2.75. The van der Waals surface area contributed by atoms with E-state index in [9.17, 15) is 9.59 Å². The number of likely N-dealkylation sites (tertiary alicyclic amines) is 1. The molecule has 0 aliphatic carbocycles. The number of pyridine rings is 1. The summed E-state index contributed by atoms with van der Waals surface area (Å²) in [5.74, 6) is 0.855. The molecule has 3 rings (SSSR count). The fraction of sp³-hybridized carbons (Fsp3) is 0.409. The molecule has 6 nitrogen and oxygen atoms in total. The summed E-state index contributed by atoms with van der Waals surface area (Å²) < 4.78 is 5.37. The Hall–Kier alpha value is -2.89. The highest BCUT2D eigenvalue weighted by atomic mass is 16.5. The third-order valence-corrected chi connectivity index (χ3v) is 5.18. The quantitative estimate of drug-likeness (QED) is 0.835. The summed E-state index contributed by atoms with van der Waals surface area (Å²) in [5, 5.41) is 3.03. The number of carbonyl (C=O) groups is 2. The molecule has 0 saturated carbocycles. The molecule has 0 bridgehead atoms. The van der Waals surface area contributed by atoms with Gasteiger partial charge in [0.2, 0.25) is 11.8 Å². The molecule has 1 saturated heterocycles. The number of piperidine rings is 1. The number of benzene rings is 1. The number of hydrogen-bond donors (Lipinski definition) is 1. The number of aromatic nitrogens is 1. The zero-order valence-electron chi connectivity index (χ0n) is 16.4. The Labute approximate surface area is 165 Å². The minimum Gasteiger partial charge on any atom is -0.496 e. The average Bonchev–Trinajstić information content (AvgIpc) is 2.73. The second kappa shape index (κ2) is 9.35. The number of methoxy groups -OCH3 is 1. The maximum Gasteiger partial charge on any atom is 0.227 e. The van der Waals surface area contributed by atoms with Gasteiger partial charge in [-0.1, -0.05) is 24.3 Å². The van der Waals surface area contributed by atoms with Crippen molar-refractivity contribution in [1.29, 1.82) is 0 Å². The molecule has 28 heavy (non-hydrogen) atoms. The van der Waals surface area contributed by atoms with Gasteiger partial charge in [0.15, 0.2) is 0 Å². The van der Waals surface area contributed by atoms with Crippen LogP contribution in [0.15, 0.2) is 48.7 Å². The van der Waals surface area contributed by atoms with Crippen molar-refractivity contribution in [1.82, 2.24) is 15.2 Å². The number of nitrogens with one attached hydrogen (secondary N) is 1. The van der Waals surface area contributed by atoms with Gasteiger partial charge in [-0.3, -0.25) is 14.6 Å². The second-order valence-electron chi connectivity index (χ2n) is 7.16. The number of para-hydroxylation sites is 1. The molecular formula is C22H27N3O3. The minimum atomic E-state index is -0.194. The summed E-state index contributed by atoms with van der Waals surface area (Å²) >= 11 is 0. The highest BCUT2D eigenvalue weighted by Crippen LogP contribution is 2.29. The molecule has 6 heteroatoms. The Bertz CT molecular complexity index is 810. The van der Waals surface area contributed by atoms with Crippen molar-refractivity contribution in [2.45, 2.75) is 32.2 Å². The van der Waals surface area contributed by atoms with Crippen LogP contribution >= 0.6 is 0 Å². The molecule has 148 valence electrons. The van der Waals surface area contributed by atoms with Crippen LogP contribution in [-0.4, -0.2) is 41.9 Å². The van der Waals surface area contributed by atoms with Crippen LogP contribution in [0.3, 0.4) is 0 Å². The van der Waals surface area contributed by atoms with E-state index >= 15 is 0 Å². The Balaban J connectivity index is 1.73. The molecule has 0 radical (unpaired) electrons. The molecule has 2 aromatic rings. The number of ether oxygens (including phenoxy) is 1. The highest BCUT2D eigenvalue weighted by molar-refractivity contribution is 5.79. The van der Waals surface area contributed by atoms with Crippen LogP contribution < -0.4 is 10.1 Å². The molecule has 0 spiro atoms. The van der Waals surface area contributed by atoms with Crippen LogP contribution in [0.5, 0.6) is 5.75 Å². The van der Waals surface area contributed by atoms with E-state index in [2.05, 4.69) is 10.3 Å². The van der Waals surface area contributed by atoms with Gasteiger partial charge < -0.3 is 15.0 Å². The Morgan fingerprint density at radius 1 is 1.25 bits per heavy atom. The highest BCUT2D eigenvalue weighted by Gasteiger charge is 2.31. The van der Waals surface area contributed by atoms with E-state index in [0.717, 1.165) is 36.4 Å². The van der Waals surface area contributed by atoms with Gasteiger partial charge in [-0.15, -0.1) is 0 Å². The van der Waals surface area contributed by atoms with Crippen LogP contribution in [0.4, 0.5) is 0 Å². The van der Waals surface area contributed by atoms with E-state index in [-0.39, 0.29) is 23.8 Å². The SMILES string of the molecule is COc1ccccc1CC(=O)N1CCC[C@@H]([C@H](NC(C)=O)c2ccccn2)C1. The molecular weight excluding hydrogens is 354 g/mol. The lowest BCUT2D eigenvalue weighted by Crippen LogP contribution is -2.45. The van der Waals surface area contributed by atoms with Crippen molar-refractivity contribution < 1.29 is 14.3 Å². The van der Waals surface area contributed by atoms with Gasteiger partial charge >= 0.3 is 0 Å². The van der Waals surface area contributed by atoms with Crippen molar-refractivity contribution >= 4 is 11.8 Å². The molecule has 1 aromatic carbocycles. The zero-order chi connectivity index (χ0) is 19.9. The summed E-state index contributed by atoms with van der Waals surface area (Å²) in [7, 11) is 1.62. The van der Waals surface area contributed by atoms with Crippen LogP contribution in [0.25, 0.3) is 0 Å². The first-order valence-electron chi connectivity index (χ1n) is 9.66. The first kappa shape index (κ1) is 19.9. The fourth-order valence-electron chi connectivity index (χ4n) is 3.84. The number of amides is 2. The molecule has 1 aromatic heterocycles. The van der Waals surface area contributed by atoms with E-state index in [1.807, 2.05) is 47.4 Å². The normalized spacial score (nSPS) is 17.6. The lowest BCUT2D eigenvalue weighted by atomic mass is 9.88. The van der Waals surface area contributed by atoms with E-state index in [1.165, 1.54) is 6.92 Å². The summed E-state index contributed by atoms with van der Waals surface area (Å²) in [6.45, 7) is 2.86. The first-order chi connectivity index (χ1) is 13.6. The largest absolute Gasteiger partial charge is 0.496 e. The van der Waals surface area contributed by atoms with Gasteiger partial charge in [-0.25, -0.2) is 0 Å². The predicted molar refractivity (Wildman–Crippen MR) is 107 cm³/mol. The van der Waals surface area contributed by atoms with Crippen LogP contribution in [0.1, 0.15) is 37.1 Å². The number of rotatable bonds is 6. The first-order valence-corrected chi connectivity index (χ1v) is 9.66. The Morgan fingerprint density at radius 2 is 2.04 bits per heavy atom. The van der Waals surface area contributed by atoms with Gasteiger partial charge in [0, 0.05) is 37.7 Å². The van der Waals surface area contributed by atoms with Crippen molar-refractivity contribution in [2.75, 3.05) is 20.2 Å². The van der Waals surface area contributed by atoms with E-state index < -0.39 is 0 Å². The second-order valence-corrected chi connectivity index (χ2v) is 7.16. The molecule has 1 aliphatic rings. The lowest BCUT2D eigenvalue weighted by molar-refractivity contribution is -0.132. The average molecular weight is 381 g/mol. The topological polar surface area (TPSA) is 71.5 Å². The standard InChI is InChI=1S/C22H27N3O3/c1-16(26)24-22(19-10-5-6-12-23-19)18-9-7-13-25(15-18)21(27)14-17-8-3-4-11-20(17)28-2/h3-6,8,10-12,18,22H,7,9,13-15H2,1-2H3,(H,24,26)/t18-,22+/m1/s1. The van der Waals surface area contributed by atoms with Gasteiger partial charge in [0.05, 0.1) is 25.3 Å². The van der Waals surface area contributed by atoms with Crippen molar-refractivity contribution in [3.8, 4) is 5.75 Å². The molecule has 2 atom stereocenters. The summed E-state index contributed by atoms with van der Waals surface area (Å²) in [4.78, 5) is 31.0. The zero-order valence-corrected chi connectivity index (χ0v) is 16.4. The molecule has 1 fully saturated rings. The van der Waals surface area contributed by atoms with E-state index in [1.54, 1.807) is 13.3 Å². The van der Waals surface area contributed by atoms with E-state index in [4.69, 9.17) is 4.74 Å². The van der Waals surface area contributed by atoms with Crippen LogP contribution in [0.2, 0.25) is 0 Å². The molecule has 0 unspecified atom stereocenters. The Kier molecular flexibility index (Phi) is 6.63. The maximum atomic E-state index is 12.9. The minimum absolute atomic E-state index is 0.0804. The van der Waals surface area contributed by atoms with Gasteiger partial charge in [-0.2, -0.15) is 0 Å². The number of nitrogens with zero attached hydrogens (tertiary/aromatic N) is 2. The molecule has 2 heterocycles. The van der Waals surface area contributed by atoms with Crippen LogP contribution in [-0.2, 0) is 16.0 Å². The fourth-order valence-corrected chi connectivity index (χ4v) is 3.84. The lowest BCUT2D eigenvalue weighted by Gasteiger charge is -2.37. The smallest absolute Gasteiger partial charge is 0.227 e. The molecule has 2 amide bonds. The molecule has 1 aliphatic heterocycles. The van der Waals surface area contributed by atoms with Crippen molar-refractivity contribution in [3.05, 3.63) is 59.9 Å². The summed E-state index contributed by atoms with van der Waals surface area (Å²) in [6, 6.07) is 13.1. The summed E-state index contributed by atoms with van der Waals surface area (Å²) in [5.41, 5.74) is 1.72. The van der Waals surface area contributed by atoms with Crippen molar-refractivity contribution in [3.63, 3.8) is 0 Å².